The molecule has 0 saturated carbocycles. The van der Waals surface area contributed by atoms with Gasteiger partial charge in [0.25, 0.3) is 0 Å². The second-order valence-corrected chi connectivity index (χ2v) is 17.1. The fraction of sp³-hybridized carbons (Fsp3) is 0.421. The maximum absolute atomic E-state index is 13.9. The second-order valence-electron chi connectivity index (χ2n) is 14.5. The molecule has 5 heterocycles. The number of nitrogens with zero attached hydrogens (tertiary/aromatic N) is 7. The lowest BCUT2D eigenvalue weighted by molar-refractivity contribution is -0.138. The number of hydrogen-bond donors (Lipinski definition) is 5. The number of imide groups is 1. The minimum Gasteiger partial charge on any atom is -0.371 e. The summed E-state index contributed by atoms with van der Waals surface area (Å²) >= 11 is 4.85. The van der Waals surface area contributed by atoms with Crippen LogP contribution in [-0.2, 0) is 45.3 Å². The van der Waals surface area contributed by atoms with Gasteiger partial charge in [-0.15, -0.1) is 0 Å². The number of hydrogen-bond acceptors (Lipinski definition) is 14. The normalized spacial score (nSPS) is 19.2. The summed E-state index contributed by atoms with van der Waals surface area (Å²) < 4.78 is 66.8. The Morgan fingerprint density at radius 2 is 1.76 bits per heavy atom. The van der Waals surface area contributed by atoms with Crippen LogP contribution in [0.4, 0.5) is 42.1 Å². The summed E-state index contributed by atoms with van der Waals surface area (Å²) in [5, 5.41) is 11.6. The molecule has 308 valence electrons. The van der Waals surface area contributed by atoms with Crippen LogP contribution in [0.5, 0.6) is 0 Å². The molecule has 2 amide bonds. The number of nitrogens with one attached hydrogen (secondary N) is 4. The summed E-state index contributed by atoms with van der Waals surface area (Å²) in [7, 11) is -2.42. The third kappa shape index (κ3) is 9.46. The average Bonchev–Trinajstić information content (AvgIpc) is 3.51. The Bertz CT molecular complexity index is 2260. The first-order valence-corrected chi connectivity index (χ1v) is 21.2. The quantitative estimate of drug-likeness (QED) is 0.0948. The number of carbonyl (C=O) groups is 2. The van der Waals surface area contributed by atoms with Gasteiger partial charge in [-0.25, -0.2) is 18.4 Å². The van der Waals surface area contributed by atoms with Crippen molar-refractivity contribution in [3.8, 4) is 0 Å². The topological polar surface area (TPSA) is 178 Å². The molecule has 4 N–H and O–H groups in total. The molecule has 0 spiro atoms. The van der Waals surface area contributed by atoms with E-state index in [4.69, 9.17) is 12.6 Å². The molecule has 3 aliphatic rings. The number of aromatic nitrogens is 4. The Kier molecular flexibility index (Phi) is 12.1. The van der Waals surface area contributed by atoms with Gasteiger partial charge < -0.3 is 20.9 Å². The van der Waals surface area contributed by atoms with Crippen molar-refractivity contribution in [2.45, 2.75) is 68.8 Å². The van der Waals surface area contributed by atoms with Gasteiger partial charge in [-0.05, 0) is 73.2 Å². The van der Waals surface area contributed by atoms with Crippen LogP contribution in [0.25, 0.3) is 0 Å². The fourth-order valence-corrected chi connectivity index (χ4v) is 8.38. The molecule has 2 unspecified atom stereocenters. The summed E-state index contributed by atoms with van der Waals surface area (Å²) in [4.78, 5) is 44.6. The smallest absolute Gasteiger partial charge is 0.371 e. The maximum atomic E-state index is 13.9. The van der Waals surface area contributed by atoms with E-state index in [-0.39, 0.29) is 47.2 Å². The third-order valence-electron chi connectivity index (χ3n) is 10.7. The van der Waals surface area contributed by atoms with Gasteiger partial charge in [-0.3, -0.25) is 29.1 Å². The number of sulfonamides is 1. The van der Waals surface area contributed by atoms with Gasteiger partial charge in [0.05, 0.1) is 24.2 Å². The Labute approximate surface area is 339 Å². The van der Waals surface area contributed by atoms with Gasteiger partial charge in [0.15, 0.2) is 5.82 Å². The van der Waals surface area contributed by atoms with Crippen LogP contribution in [0.2, 0.25) is 0 Å². The van der Waals surface area contributed by atoms with Crippen LogP contribution in [0.1, 0.15) is 59.0 Å². The van der Waals surface area contributed by atoms with Gasteiger partial charge in [0.1, 0.15) is 17.1 Å². The Morgan fingerprint density at radius 1 is 1.02 bits per heavy atom. The summed E-state index contributed by atoms with van der Waals surface area (Å²) in [6, 6.07) is 14.0. The number of halogens is 3. The van der Waals surface area contributed by atoms with Crippen LogP contribution >= 0.6 is 12.6 Å². The standard InChI is InChI=1S/C38H44F3N11O4S2/c1-50(58(2,55)56)34-30(43-15-16-44-34)21-45-33-29(38(39,40)41)20-46-37(49-33)47-26-5-7-27(8-6-26)51-17-12-25(13-18-51)42-14-11-23-3-4-24-22-52(36(57)28(24)19-23)31-9-10-32(53)48-35(31)54/h3-8,15-16,19-20,25,31,36,42,57H,9-14,17-18,21-22H2,1-2H3,(H,48,53,54)(H2,45,46,47,49). The number of fused-ring (bicyclic) bond motifs is 1. The van der Waals surface area contributed by atoms with Crippen LogP contribution in [0.15, 0.2) is 61.1 Å². The predicted octanol–water partition coefficient (Wildman–Crippen LogP) is 4.39. The van der Waals surface area contributed by atoms with E-state index in [1.807, 2.05) is 24.3 Å². The first-order chi connectivity index (χ1) is 27.6. The lowest BCUT2D eigenvalue weighted by Crippen LogP contribution is -2.51. The van der Waals surface area contributed by atoms with E-state index in [1.165, 1.54) is 25.0 Å². The van der Waals surface area contributed by atoms with Gasteiger partial charge in [-0.1, -0.05) is 18.2 Å². The number of rotatable bonds is 13. The van der Waals surface area contributed by atoms with E-state index in [0.717, 1.165) is 66.3 Å². The highest BCUT2D eigenvalue weighted by Crippen LogP contribution is 2.40. The Balaban J connectivity index is 0.897. The van der Waals surface area contributed by atoms with Gasteiger partial charge in [-0.2, -0.15) is 30.8 Å². The molecule has 2 aromatic carbocycles. The largest absolute Gasteiger partial charge is 0.421 e. The van der Waals surface area contributed by atoms with Crippen LogP contribution in [0, 0.1) is 0 Å². The zero-order valence-corrected chi connectivity index (χ0v) is 33.5. The molecule has 58 heavy (non-hydrogen) atoms. The molecule has 0 radical (unpaired) electrons. The number of benzene rings is 2. The number of anilines is 5. The van der Waals surface area contributed by atoms with Gasteiger partial charge in [0, 0.05) is 69.1 Å². The van der Waals surface area contributed by atoms with Gasteiger partial charge >= 0.3 is 6.18 Å². The minimum atomic E-state index is -4.76. The fourth-order valence-electron chi connectivity index (χ4n) is 7.43. The molecular weight excluding hydrogens is 796 g/mol. The molecule has 3 aliphatic heterocycles. The van der Waals surface area contributed by atoms with Crippen molar-refractivity contribution >= 4 is 63.4 Å². The maximum Gasteiger partial charge on any atom is 0.421 e. The highest BCUT2D eigenvalue weighted by molar-refractivity contribution is 7.92. The van der Waals surface area contributed by atoms with Crippen LogP contribution in [0.3, 0.4) is 0 Å². The lowest BCUT2D eigenvalue weighted by Gasteiger charge is -2.34. The molecule has 2 aromatic heterocycles. The van der Waals surface area contributed by atoms with Crippen molar-refractivity contribution in [1.82, 2.24) is 35.5 Å². The lowest BCUT2D eigenvalue weighted by atomic mass is 10.0. The highest BCUT2D eigenvalue weighted by Gasteiger charge is 2.39. The molecule has 0 bridgehead atoms. The van der Waals surface area contributed by atoms with E-state index in [9.17, 15) is 31.2 Å². The number of alkyl halides is 3. The van der Waals surface area contributed by atoms with E-state index < -0.39 is 27.6 Å². The first kappa shape index (κ1) is 41.1. The van der Waals surface area contributed by atoms with Gasteiger partial charge in [0.2, 0.25) is 27.8 Å². The van der Waals surface area contributed by atoms with E-state index >= 15 is 0 Å². The van der Waals surface area contributed by atoms with Crippen LogP contribution < -0.4 is 30.5 Å². The molecule has 15 nitrogen and oxygen atoms in total. The zero-order valence-electron chi connectivity index (χ0n) is 31.8. The van der Waals surface area contributed by atoms with Crippen molar-refractivity contribution in [2.75, 3.05) is 52.8 Å². The molecule has 4 aromatic rings. The number of piperidine rings is 2. The summed E-state index contributed by atoms with van der Waals surface area (Å²) in [5.41, 5.74) is 4.08. The SMILES string of the molecule is CN(c1nccnc1CNc1nc(Nc2ccc(N3CCC(NCCc4ccc5c(c4)C(S)N(C4CCC(=O)NC4=O)C5)CC3)cc2)ncc1C(F)(F)F)S(C)(=O)=O. The van der Waals surface area contributed by atoms with Crippen molar-refractivity contribution in [1.29, 1.82) is 0 Å². The van der Waals surface area contributed by atoms with E-state index in [2.05, 4.69) is 69.2 Å². The van der Waals surface area contributed by atoms with Crippen molar-refractivity contribution in [2.24, 2.45) is 0 Å². The van der Waals surface area contributed by atoms with E-state index in [1.54, 1.807) is 0 Å². The Morgan fingerprint density at radius 3 is 2.47 bits per heavy atom. The molecule has 20 heteroatoms. The number of carbonyl (C=O) groups excluding carboxylic acids is 2. The molecule has 2 saturated heterocycles. The van der Waals surface area contributed by atoms with Crippen molar-refractivity contribution in [3.05, 3.63) is 89.0 Å². The molecule has 2 atom stereocenters. The summed E-state index contributed by atoms with van der Waals surface area (Å²) in [6.07, 6.45) is 3.12. The third-order valence-corrected chi connectivity index (χ3v) is 12.4. The summed E-state index contributed by atoms with van der Waals surface area (Å²) in [5.74, 6) is -1.08. The molecule has 0 aliphatic carbocycles. The number of thiol groups is 1. The Hall–Kier alpha value is -5.05. The molecule has 7 rings (SSSR count). The summed E-state index contributed by atoms with van der Waals surface area (Å²) in [6.45, 7) is 2.87. The highest BCUT2D eigenvalue weighted by atomic mass is 32.2. The molecular formula is C38H44F3N11O4S2. The van der Waals surface area contributed by atoms with Crippen LogP contribution in [-0.4, -0.2) is 90.1 Å². The monoisotopic (exact) mass is 839 g/mol. The second kappa shape index (κ2) is 17.0. The van der Waals surface area contributed by atoms with E-state index in [0.29, 0.717) is 37.3 Å². The van der Waals surface area contributed by atoms with Crippen molar-refractivity contribution < 1.29 is 31.2 Å². The predicted molar refractivity (Wildman–Crippen MR) is 216 cm³/mol. The number of amides is 2. The zero-order chi connectivity index (χ0) is 41.2. The average molecular weight is 840 g/mol. The minimum absolute atomic E-state index is 0.0268. The molecule has 2 fully saturated rings. The van der Waals surface area contributed by atoms with Crippen molar-refractivity contribution in [3.63, 3.8) is 0 Å². The first-order valence-electron chi connectivity index (χ1n) is 18.8.